The number of aryl methyl sites for hydroxylation is 1. The third-order valence-electron chi connectivity index (χ3n) is 5.08. The zero-order chi connectivity index (χ0) is 20.1. The van der Waals surface area contributed by atoms with Crippen molar-refractivity contribution in [3.8, 4) is 5.75 Å². The Morgan fingerprint density at radius 2 is 1.89 bits per heavy atom. The van der Waals surface area contributed by atoms with Crippen molar-refractivity contribution in [2.45, 2.75) is 20.0 Å². The third kappa shape index (κ3) is 4.26. The van der Waals surface area contributed by atoms with E-state index >= 15 is 0 Å². The predicted octanol–water partition coefficient (Wildman–Crippen LogP) is 3.45. The molecule has 1 aromatic carbocycles. The summed E-state index contributed by atoms with van der Waals surface area (Å²) in [5.41, 5.74) is 3.86. The van der Waals surface area contributed by atoms with Crippen molar-refractivity contribution in [1.29, 1.82) is 0 Å². The maximum Gasteiger partial charge on any atom is 0.236 e. The van der Waals surface area contributed by atoms with Gasteiger partial charge in [-0.25, -0.2) is 4.57 Å². The summed E-state index contributed by atoms with van der Waals surface area (Å²) < 4.78 is 8.39. The highest BCUT2D eigenvalue weighted by atomic mass is 16.5. The third-order valence-corrected chi connectivity index (χ3v) is 5.08. The molecule has 0 saturated carbocycles. The van der Waals surface area contributed by atoms with Gasteiger partial charge in [0.25, 0.3) is 0 Å². The normalized spacial score (nSPS) is 13.0. The number of rotatable bonds is 7. The number of aromatic nitrogens is 2. The summed E-state index contributed by atoms with van der Waals surface area (Å²) in [4.78, 5) is 16.4. The summed E-state index contributed by atoms with van der Waals surface area (Å²) in [6.45, 7) is 3.02. The molecule has 2 heterocycles. The molecule has 0 radical (unpaired) electrons. The summed E-state index contributed by atoms with van der Waals surface area (Å²) in [5, 5.41) is 0. The van der Waals surface area contributed by atoms with Crippen LogP contribution in [0.3, 0.4) is 0 Å². The second kappa shape index (κ2) is 8.31. The second-order valence-corrected chi connectivity index (χ2v) is 7.28. The van der Waals surface area contributed by atoms with Crippen LogP contribution >= 0.6 is 0 Å². The average molecular weight is 377 g/mol. The Morgan fingerprint density at radius 3 is 2.54 bits per heavy atom. The Labute approximate surface area is 166 Å². The Balaban J connectivity index is 2.10. The SMILES string of the molecule is COc1cc(C(C)=O)ccc1[N+](C)(Cc1ccccn1)Cc1cccc[n+]1C. The van der Waals surface area contributed by atoms with Gasteiger partial charge in [-0.2, -0.15) is 0 Å². The lowest BCUT2D eigenvalue weighted by Crippen LogP contribution is -2.48. The molecule has 0 spiro atoms. The summed E-state index contributed by atoms with van der Waals surface area (Å²) >= 11 is 0. The van der Waals surface area contributed by atoms with Gasteiger partial charge in [-0.1, -0.05) is 6.07 Å². The smallest absolute Gasteiger partial charge is 0.236 e. The monoisotopic (exact) mass is 377 g/mol. The number of ether oxygens (including phenoxy) is 1. The van der Waals surface area contributed by atoms with Gasteiger partial charge < -0.3 is 4.74 Å². The van der Waals surface area contributed by atoms with Crippen LogP contribution in [0.2, 0.25) is 0 Å². The van der Waals surface area contributed by atoms with E-state index in [1.165, 1.54) is 5.69 Å². The number of carbonyl (C=O) groups is 1. The number of hydrogen-bond donors (Lipinski definition) is 0. The van der Waals surface area contributed by atoms with E-state index in [1.807, 2.05) is 48.7 Å². The number of nitrogens with zero attached hydrogens (tertiary/aromatic N) is 3. The van der Waals surface area contributed by atoms with Crippen LogP contribution in [0.4, 0.5) is 5.69 Å². The number of quaternary nitrogens is 1. The molecule has 0 amide bonds. The number of hydrogen-bond acceptors (Lipinski definition) is 3. The predicted molar refractivity (Wildman–Crippen MR) is 110 cm³/mol. The molecule has 3 aromatic rings. The van der Waals surface area contributed by atoms with Crippen LogP contribution < -0.4 is 13.8 Å². The lowest BCUT2D eigenvalue weighted by atomic mass is 10.1. The summed E-state index contributed by atoms with van der Waals surface area (Å²) in [5.74, 6) is 0.739. The summed E-state index contributed by atoms with van der Waals surface area (Å²) in [6.07, 6.45) is 3.87. The van der Waals surface area contributed by atoms with Crippen molar-refractivity contribution in [2.24, 2.45) is 7.05 Å². The number of ketones is 1. The fourth-order valence-electron chi connectivity index (χ4n) is 3.50. The topological polar surface area (TPSA) is 43.1 Å². The minimum Gasteiger partial charge on any atom is -0.491 e. The molecule has 0 N–H and O–H groups in total. The van der Waals surface area contributed by atoms with Gasteiger partial charge in [0.1, 0.15) is 13.6 Å². The highest BCUT2D eigenvalue weighted by Crippen LogP contribution is 2.36. The minimum atomic E-state index is 0.0261. The first-order valence-electron chi connectivity index (χ1n) is 9.30. The number of methoxy groups -OCH3 is 1. The summed E-state index contributed by atoms with van der Waals surface area (Å²) in [7, 11) is 5.87. The van der Waals surface area contributed by atoms with Gasteiger partial charge in [0.15, 0.2) is 30.0 Å². The van der Waals surface area contributed by atoms with Crippen molar-refractivity contribution < 1.29 is 14.1 Å². The molecule has 0 aliphatic carbocycles. The molecule has 144 valence electrons. The Morgan fingerprint density at radius 1 is 1.11 bits per heavy atom. The van der Waals surface area contributed by atoms with Gasteiger partial charge >= 0.3 is 0 Å². The van der Waals surface area contributed by atoms with Crippen molar-refractivity contribution in [3.05, 3.63) is 83.9 Å². The fourth-order valence-corrected chi connectivity index (χ4v) is 3.50. The van der Waals surface area contributed by atoms with E-state index in [0.717, 1.165) is 17.9 Å². The number of pyridine rings is 2. The standard InChI is InChI=1S/C23H27N3O2/c1-18(27)19-11-12-22(23(15-19)28-4)26(3,16-20-9-5-7-13-24-20)17-21-10-6-8-14-25(21)2/h5-15H,16-17H2,1-4H3/q+2. The molecule has 2 aromatic heterocycles. The fraction of sp³-hybridized carbons (Fsp3) is 0.261. The quantitative estimate of drug-likeness (QED) is 0.360. The molecule has 3 rings (SSSR count). The van der Waals surface area contributed by atoms with Gasteiger partial charge in [0, 0.05) is 30.0 Å². The first-order chi connectivity index (χ1) is 13.4. The van der Waals surface area contributed by atoms with Gasteiger partial charge in [0.05, 0.1) is 19.9 Å². The Kier molecular flexibility index (Phi) is 5.85. The molecule has 28 heavy (non-hydrogen) atoms. The van der Waals surface area contributed by atoms with E-state index in [2.05, 4.69) is 42.0 Å². The molecule has 5 nitrogen and oxygen atoms in total. The zero-order valence-electron chi connectivity index (χ0n) is 16.9. The first-order valence-corrected chi connectivity index (χ1v) is 9.30. The first kappa shape index (κ1) is 19.7. The zero-order valence-corrected chi connectivity index (χ0v) is 16.9. The average Bonchev–Trinajstić information content (AvgIpc) is 2.70. The van der Waals surface area contributed by atoms with Crippen molar-refractivity contribution in [3.63, 3.8) is 0 Å². The number of benzene rings is 1. The van der Waals surface area contributed by atoms with Crippen LogP contribution in [0.25, 0.3) is 0 Å². The van der Waals surface area contributed by atoms with Crippen molar-refractivity contribution in [2.75, 3.05) is 14.2 Å². The van der Waals surface area contributed by atoms with E-state index in [9.17, 15) is 4.79 Å². The molecular weight excluding hydrogens is 350 g/mol. The molecule has 0 fully saturated rings. The number of carbonyl (C=O) groups excluding carboxylic acids is 1. The maximum atomic E-state index is 11.8. The molecule has 0 bridgehead atoms. The van der Waals surface area contributed by atoms with E-state index in [-0.39, 0.29) is 5.78 Å². The van der Waals surface area contributed by atoms with Crippen molar-refractivity contribution >= 4 is 11.5 Å². The van der Waals surface area contributed by atoms with Gasteiger partial charge in [-0.3, -0.25) is 14.3 Å². The Bertz CT molecular complexity index is 973. The van der Waals surface area contributed by atoms with Gasteiger partial charge in [-0.05, 0) is 37.3 Å². The highest BCUT2D eigenvalue weighted by Gasteiger charge is 2.33. The largest absolute Gasteiger partial charge is 0.491 e. The molecule has 0 aliphatic heterocycles. The minimum absolute atomic E-state index is 0.0261. The molecule has 5 heteroatoms. The van der Waals surface area contributed by atoms with Crippen LogP contribution in [-0.2, 0) is 20.1 Å². The molecule has 0 aliphatic rings. The summed E-state index contributed by atoms with van der Waals surface area (Å²) in [6, 6.07) is 17.9. The van der Waals surface area contributed by atoms with Crippen molar-refractivity contribution in [1.82, 2.24) is 9.47 Å². The lowest BCUT2D eigenvalue weighted by Gasteiger charge is -2.33. The van der Waals surface area contributed by atoms with Gasteiger partial charge in [-0.15, -0.1) is 0 Å². The molecular formula is C23H27N3O2+2. The molecule has 1 atom stereocenters. The molecule has 1 unspecified atom stereocenters. The van der Waals surface area contributed by atoms with E-state index in [0.29, 0.717) is 22.3 Å². The highest BCUT2D eigenvalue weighted by molar-refractivity contribution is 5.95. The van der Waals surface area contributed by atoms with E-state index in [1.54, 1.807) is 14.0 Å². The van der Waals surface area contributed by atoms with Crippen LogP contribution in [-0.4, -0.2) is 24.9 Å². The molecule has 0 saturated heterocycles. The maximum absolute atomic E-state index is 11.8. The van der Waals surface area contributed by atoms with Crippen LogP contribution in [0.15, 0.2) is 67.0 Å². The van der Waals surface area contributed by atoms with Crippen LogP contribution in [0.1, 0.15) is 28.7 Å². The van der Waals surface area contributed by atoms with Crippen LogP contribution in [0.5, 0.6) is 5.75 Å². The second-order valence-electron chi connectivity index (χ2n) is 7.28. The van der Waals surface area contributed by atoms with E-state index in [4.69, 9.17) is 4.74 Å². The van der Waals surface area contributed by atoms with Gasteiger partial charge in [0.2, 0.25) is 5.69 Å². The lowest BCUT2D eigenvalue weighted by molar-refractivity contribution is -0.680. The van der Waals surface area contributed by atoms with Crippen LogP contribution in [0, 0.1) is 0 Å². The van der Waals surface area contributed by atoms with E-state index < -0.39 is 0 Å². The Hall–Kier alpha value is -3.05. The number of Topliss-reactive ketones (excluding diaryl/α,β-unsaturated/α-hetero) is 1.